The normalized spacial score (nSPS) is 13.5. The molecule has 1 amide bonds. The number of hydrogen-bond donors (Lipinski definition) is 1. The minimum atomic E-state index is -0.345. The van der Waals surface area contributed by atoms with E-state index in [4.69, 9.17) is 11.6 Å². The summed E-state index contributed by atoms with van der Waals surface area (Å²) in [5.74, 6) is 0.370. The fraction of sp³-hybridized carbons (Fsp3) is 0.333. The number of aryl methyl sites for hydroxylation is 1. The Labute approximate surface area is 172 Å². The van der Waals surface area contributed by atoms with E-state index in [0.717, 1.165) is 29.3 Å². The molecule has 1 atom stereocenters. The molecule has 1 aromatic heterocycles. The summed E-state index contributed by atoms with van der Waals surface area (Å²) in [6.07, 6.45) is 3.31. The second kappa shape index (κ2) is 8.32. The van der Waals surface area contributed by atoms with Crippen LogP contribution in [0.15, 0.2) is 54.7 Å². The molecule has 4 heteroatoms. The zero-order valence-corrected chi connectivity index (χ0v) is 17.7. The summed E-state index contributed by atoms with van der Waals surface area (Å²) in [5, 5.41) is 4.81. The predicted molar refractivity (Wildman–Crippen MR) is 117 cm³/mol. The van der Waals surface area contributed by atoms with Crippen LogP contribution >= 0.6 is 11.6 Å². The summed E-state index contributed by atoms with van der Waals surface area (Å²) in [5.41, 5.74) is 3.09. The quantitative estimate of drug-likeness (QED) is 0.559. The molecular formula is C24H27ClN2O. The van der Waals surface area contributed by atoms with Crippen molar-refractivity contribution in [2.45, 2.75) is 46.1 Å². The van der Waals surface area contributed by atoms with Gasteiger partial charge in [0.1, 0.15) is 0 Å². The van der Waals surface area contributed by atoms with Crippen LogP contribution < -0.4 is 5.32 Å². The summed E-state index contributed by atoms with van der Waals surface area (Å²) < 4.78 is 0. The van der Waals surface area contributed by atoms with Crippen LogP contribution in [0.2, 0.25) is 5.02 Å². The van der Waals surface area contributed by atoms with E-state index in [0.29, 0.717) is 16.5 Å². The van der Waals surface area contributed by atoms with E-state index >= 15 is 0 Å². The molecule has 3 nitrogen and oxygen atoms in total. The number of carbonyl (C=O) groups is 1. The van der Waals surface area contributed by atoms with Crippen LogP contribution in [0.1, 0.15) is 48.7 Å². The number of carbonyl (C=O) groups excluding carboxylic acids is 1. The van der Waals surface area contributed by atoms with Gasteiger partial charge in [-0.2, -0.15) is 0 Å². The van der Waals surface area contributed by atoms with Crippen LogP contribution in [0.3, 0.4) is 0 Å². The Kier molecular flexibility index (Phi) is 6.04. The molecule has 1 unspecified atom stereocenters. The lowest BCUT2D eigenvalue weighted by molar-refractivity contribution is 0.0893. The number of aromatic nitrogens is 1. The zero-order valence-electron chi connectivity index (χ0n) is 16.9. The minimum absolute atomic E-state index is 0.0917. The highest BCUT2D eigenvalue weighted by molar-refractivity contribution is 6.35. The molecule has 2 aromatic carbocycles. The zero-order chi connectivity index (χ0) is 20.3. The van der Waals surface area contributed by atoms with Gasteiger partial charge in [-0.15, -0.1) is 0 Å². The van der Waals surface area contributed by atoms with Gasteiger partial charge >= 0.3 is 0 Å². The Morgan fingerprint density at radius 1 is 1.14 bits per heavy atom. The number of nitrogens with zero attached hydrogens (tertiary/aromatic N) is 1. The number of rotatable bonds is 6. The van der Waals surface area contributed by atoms with Crippen molar-refractivity contribution in [3.05, 3.63) is 76.4 Å². The van der Waals surface area contributed by atoms with Crippen LogP contribution in [0, 0.1) is 12.8 Å². The average Bonchev–Trinajstić information content (AvgIpc) is 2.62. The standard InChI is InChI=1S/C24H27ClN2O/c1-16(2)13-24(4,14-18-9-6-5-7-10-18)27-23(28)20-15-26-22-19(17(20)3)11-8-12-21(22)25/h5-12,15-16H,13-14H2,1-4H3,(H,27,28). The Balaban J connectivity index is 1.91. The number of fused-ring (bicyclic) bond motifs is 1. The molecule has 28 heavy (non-hydrogen) atoms. The molecule has 0 aliphatic rings. The van der Waals surface area contributed by atoms with Gasteiger partial charge in [0, 0.05) is 17.1 Å². The van der Waals surface area contributed by atoms with Crippen LogP contribution in [-0.4, -0.2) is 16.4 Å². The van der Waals surface area contributed by atoms with Crippen molar-refractivity contribution < 1.29 is 4.79 Å². The van der Waals surface area contributed by atoms with E-state index in [-0.39, 0.29) is 11.4 Å². The van der Waals surface area contributed by atoms with Crippen molar-refractivity contribution in [2.24, 2.45) is 5.92 Å². The van der Waals surface area contributed by atoms with Gasteiger partial charge in [-0.3, -0.25) is 9.78 Å². The Bertz CT molecular complexity index is 985. The van der Waals surface area contributed by atoms with Gasteiger partial charge < -0.3 is 5.32 Å². The summed E-state index contributed by atoms with van der Waals surface area (Å²) in [7, 11) is 0. The maximum absolute atomic E-state index is 13.2. The van der Waals surface area contributed by atoms with Crippen molar-refractivity contribution in [3.8, 4) is 0 Å². The molecule has 0 bridgehead atoms. The highest BCUT2D eigenvalue weighted by atomic mass is 35.5. The SMILES string of the molecule is Cc1c(C(=O)NC(C)(Cc2ccccc2)CC(C)C)cnc2c(Cl)cccc12. The van der Waals surface area contributed by atoms with Crippen molar-refractivity contribution in [1.82, 2.24) is 10.3 Å². The van der Waals surface area contributed by atoms with Crippen molar-refractivity contribution >= 4 is 28.4 Å². The Morgan fingerprint density at radius 3 is 2.54 bits per heavy atom. The van der Waals surface area contributed by atoms with Gasteiger partial charge in [0.15, 0.2) is 0 Å². The lowest BCUT2D eigenvalue weighted by Gasteiger charge is -2.33. The Hall–Kier alpha value is -2.39. The topological polar surface area (TPSA) is 42.0 Å². The number of benzene rings is 2. The van der Waals surface area contributed by atoms with Crippen molar-refractivity contribution in [3.63, 3.8) is 0 Å². The van der Waals surface area contributed by atoms with Crippen LogP contribution in [0.5, 0.6) is 0 Å². The number of nitrogens with one attached hydrogen (secondary N) is 1. The van der Waals surface area contributed by atoms with E-state index in [2.05, 4.69) is 43.2 Å². The second-order valence-electron chi connectivity index (χ2n) is 8.21. The first-order chi connectivity index (χ1) is 13.3. The first-order valence-electron chi connectivity index (χ1n) is 9.69. The number of hydrogen-bond acceptors (Lipinski definition) is 2. The van der Waals surface area contributed by atoms with Gasteiger partial charge in [-0.1, -0.05) is 67.9 Å². The number of para-hydroxylation sites is 1. The maximum atomic E-state index is 13.2. The minimum Gasteiger partial charge on any atom is -0.346 e. The molecule has 0 radical (unpaired) electrons. The van der Waals surface area contributed by atoms with Crippen molar-refractivity contribution in [2.75, 3.05) is 0 Å². The first kappa shape index (κ1) is 20.3. The largest absolute Gasteiger partial charge is 0.346 e. The van der Waals surface area contributed by atoms with Crippen molar-refractivity contribution in [1.29, 1.82) is 0 Å². The second-order valence-corrected chi connectivity index (χ2v) is 8.62. The molecule has 0 aliphatic heterocycles. The predicted octanol–water partition coefficient (Wildman–Crippen LogP) is 5.97. The lowest BCUT2D eigenvalue weighted by atomic mass is 9.84. The van der Waals surface area contributed by atoms with Gasteiger partial charge in [0.05, 0.1) is 16.1 Å². The van der Waals surface area contributed by atoms with Gasteiger partial charge in [-0.25, -0.2) is 0 Å². The highest BCUT2D eigenvalue weighted by Gasteiger charge is 2.29. The summed E-state index contributed by atoms with van der Waals surface area (Å²) in [6, 6.07) is 16.0. The van der Waals surface area contributed by atoms with E-state index in [1.165, 1.54) is 5.56 Å². The molecule has 0 saturated heterocycles. The third-order valence-corrected chi connectivity index (χ3v) is 5.38. The van der Waals surface area contributed by atoms with E-state index in [9.17, 15) is 4.79 Å². The molecule has 3 rings (SSSR count). The molecule has 146 valence electrons. The highest BCUT2D eigenvalue weighted by Crippen LogP contribution is 2.27. The fourth-order valence-corrected chi connectivity index (χ4v) is 4.23. The maximum Gasteiger partial charge on any atom is 0.253 e. The molecule has 0 fully saturated rings. The lowest BCUT2D eigenvalue weighted by Crippen LogP contribution is -2.48. The van der Waals surface area contributed by atoms with E-state index < -0.39 is 0 Å². The van der Waals surface area contributed by atoms with E-state index in [1.54, 1.807) is 6.20 Å². The van der Waals surface area contributed by atoms with Gasteiger partial charge in [0.25, 0.3) is 5.91 Å². The number of amides is 1. The molecule has 1 heterocycles. The van der Waals surface area contributed by atoms with E-state index in [1.807, 2.05) is 43.3 Å². The first-order valence-corrected chi connectivity index (χ1v) is 10.1. The van der Waals surface area contributed by atoms with Crippen LogP contribution in [0.4, 0.5) is 0 Å². The summed E-state index contributed by atoms with van der Waals surface area (Å²) >= 11 is 6.25. The monoisotopic (exact) mass is 394 g/mol. The van der Waals surface area contributed by atoms with Crippen LogP contribution in [-0.2, 0) is 6.42 Å². The number of pyridine rings is 1. The van der Waals surface area contributed by atoms with Gasteiger partial charge in [-0.05, 0) is 49.8 Å². The third-order valence-electron chi connectivity index (χ3n) is 5.07. The molecular weight excluding hydrogens is 368 g/mol. The fourth-order valence-electron chi connectivity index (χ4n) is 4.01. The molecule has 0 saturated carbocycles. The molecule has 0 spiro atoms. The molecule has 0 aliphatic carbocycles. The molecule has 1 N–H and O–H groups in total. The number of halogens is 1. The smallest absolute Gasteiger partial charge is 0.253 e. The summed E-state index contributed by atoms with van der Waals surface area (Å²) in [4.78, 5) is 17.6. The third kappa shape index (κ3) is 4.53. The molecule has 3 aromatic rings. The van der Waals surface area contributed by atoms with Crippen LogP contribution in [0.25, 0.3) is 10.9 Å². The van der Waals surface area contributed by atoms with Gasteiger partial charge in [0.2, 0.25) is 0 Å². The Morgan fingerprint density at radius 2 is 1.86 bits per heavy atom. The summed E-state index contributed by atoms with van der Waals surface area (Å²) in [6.45, 7) is 8.44. The average molecular weight is 395 g/mol.